The first-order valence-corrected chi connectivity index (χ1v) is 13.4. The summed E-state index contributed by atoms with van der Waals surface area (Å²) in [5.74, 6) is 1.20. The average molecular weight is 556 g/mol. The molecule has 0 bridgehead atoms. The molecule has 1 saturated heterocycles. The maximum Gasteiger partial charge on any atom is 0.229 e. The number of hydrogen-bond donors (Lipinski definition) is 2. The zero-order valence-corrected chi connectivity index (χ0v) is 24.0. The van der Waals surface area contributed by atoms with Gasteiger partial charge >= 0.3 is 0 Å². The second-order valence-corrected chi connectivity index (χ2v) is 10.9. The van der Waals surface area contributed by atoms with Gasteiger partial charge in [0.05, 0.1) is 37.3 Å². The summed E-state index contributed by atoms with van der Waals surface area (Å²) in [5.41, 5.74) is 3.65. The molecule has 0 unspecified atom stereocenters. The van der Waals surface area contributed by atoms with E-state index in [1.165, 1.54) is 0 Å². The monoisotopic (exact) mass is 555 g/mol. The van der Waals surface area contributed by atoms with E-state index < -0.39 is 5.41 Å². The van der Waals surface area contributed by atoms with Crippen molar-refractivity contribution in [2.75, 3.05) is 24.4 Å². The fraction of sp³-hybridized carbons (Fsp3) is 0.258. The summed E-state index contributed by atoms with van der Waals surface area (Å²) in [6, 6.07) is 23.1. The van der Waals surface area contributed by atoms with Crippen molar-refractivity contribution < 1.29 is 14.3 Å². The molecule has 4 aromatic rings. The molecule has 2 aromatic carbocycles. The number of thiocarbonyl (C=S) groups is 1. The fourth-order valence-corrected chi connectivity index (χ4v) is 5.21. The van der Waals surface area contributed by atoms with Gasteiger partial charge in [0.1, 0.15) is 17.5 Å². The molecule has 1 aliphatic rings. The normalized spacial score (nSPS) is 16.9. The number of benzene rings is 2. The zero-order valence-electron chi connectivity index (χ0n) is 23.2. The summed E-state index contributed by atoms with van der Waals surface area (Å²) >= 11 is 5.93. The van der Waals surface area contributed by atoms with Gasteiger partial charge in [-0.25, -0.2) is 0 Å². The Balaban J connectivity index is 1.62. The van der Waals surface area contributed by atoms with Crippen molar-refractivity contribution in [1.29, 1.82) is 0 Å². The maximum absolute atomic E-state index is 12.7. The number of hydrogen-bond acceptors (Lipinski definition) is 5. The minimum Gasteiger partial charge on any atom is -0.495 e. The first-order chi connectivity index (χ1) is 19.2. The number of nitrogens with zero attached hydrogens (tertiary/aromatic N) is 3. The predicted molar refractivity (Wildman–Crippen MR) is 161 cm³/mol. The second kappa shape index (κ2) is 11.0. The molecule has 2 atom stereocenters. The number of carbonyl (C=O) groups is 1. The highest BCUT2D eigenvalue weighted by molar-refractivity contribution is 7.80. The van der Waals surface area contributed by atoms with Crippen LogP contribution in [0.1, 0.15) is 44.2 Å². The van der Waals surface area contributed by atoms with Gasteiger partial charge in [-0.2, -0.15) is 0 Å². The molecule has 0 aliphatic carbocycles. The Kier molecular flexibility index (Phi) is 7.49. The van der Waals surface area contributed by atoms with Crippen LogP contribution in [-0.2, 0) is 4.79 Å². The summed E-state index contributed by atoms with van der Waals surface area (Å²) in [6.45, 7) is 5.62. The Morgan fingerprint density at radius 3 is 2.42 bits per heavy atom. The van der Waals surface area contributed by atoms with Gasteiger partial charge in [-0.1, -0.05) is 39.0 Å². The van der Waals surface area contributed by atoms with Crippen molar-refractivity contribution in [2.24, 2.45) is 5.41 Å². The van der Waals surface area contributed by atoms with Crippen LogP contribution in [0.5, 0.6) is 11.5 Å². The minimum absolute atomic E-state index is 0.0976. The molecule has 206 valence electrons. The number of nitrogens with one attached hydrogen (secondary N) is 2. The number of carbonyl (C=O) groups excluding carboxylic acids is 1. The Hall–Kier alpha value is -4.37. The van der Waals surface area contributed by atoms with Crippen LogP contribution in [0.15, 0.2) is 85.2 Å². The highest BCUT2D eigenvalue weighted by atomic mass is 32.1. The summed E-state index contributed by atoms with van der Waals surface area (Å²) in [6.07, 6.45) is 3.81. The first kappa shape index (κ1) is 27.2. The van der Waals surface area contributed by atoms with Crippen molar-refractivity contribution in [2.45, 2.75) is 32.9 Å². The second-order valence-electron chi connectivity index (χ2n) is 10.6. The third-order valence-corrected chi connectivity index (χ3v) is 7.23. The van der Waals surface area contributed by atoms with Gasteiger partial charge in [0, 0.05) is 35.3 Å². The molecule has 1 aliphatic heterocycles. The number of anilines is 2. The summed E-state index contributed by atoms with van der Waals surface area (Å²) in [7, 11) is 3.26. The number of methoxy groups -OCH3 is 2. The van der Waals surface area contributed by atoms with E-state index in [-0.39, 0.29) is 18.0 Å². The number of rotatable bonds is 7. The van der Waals surface area contributed by atoms with Gasteiger partial charge in [0.25, 0.3) is 0 Å². The van der Waals surface area contributed by atoms with Crippen LogP contribution in [0.4, 0.5) is 11.4 Å². The molecule has 40 heavy (non-hydrogen) atoms. The highest BCUT2D eigenvalue weighted by Gasteiger charge is 2.42. The van der Waals surface area contributed by atoms with Crippen molar-refractivity contribution in [3.63, 3.8) is 0 Å². The standard InChI is InChI=1S/C31H33N5O3S/c1-31(2,3)29(37)33-21-16-15-20(19-26(21)39-5)36-28(27(34-30(36)40)22-11-8-9-17-32-22)24-13-10-18-35(24)23-12-6-7-14-25(23)38-4/h6-19,27-28H,1-5H3,(H,33,37)(H,34,40)/t27-,28+/m1/s1. The predicted octanol–water partition coefficient (Wildman–Crippen LogP) is 6.05. The third kappa shape index (κ3) is 5.12. The van der Waals surface area contributed by atoms with Crippen LogP contribution in [0.3, 0.4) is 0 Å². The maximum atomic E-state index is 12.7. The van der Waals surface area contributed by atoms with Crippen LogP contribution < -0.4 is 25.0 Å². The van der Waals surface area contributed by atoms with E-state index in [1.807, 2.05) is 93.7 Å². The van der Waals surface area contributed by atoms with E-state index in [0.29, 0.717) is 16.5 Å². The Morgan fingerprint density at radius 2 is 1.73 bits per heavy atom. The van der Waals surface area contributed by atoms with E-state index in [1.54, 1.807) is 20.4 Å². The van der Waals surface area contributed by atoms with Gasteiger partial charge in [0.2, 0.25) is 5.91 Å². The quantitative estimate of drug-likeness (QED) is 0.269. The number of ether oxygens (including phenoxy) is 2. The Bertz CT molecular complexity index is 1530. The zero-order chi connectivity index (χ0) is 28.4. The molecule has 0 spiro atoms. The molecule has 0 radical (unpaired) electrons. The fourth-order valence-electron chi connectivity index (χ4n) is 4.86. The molecule has 1 amide bonds. The average Bonchev–Trinajstić information content (AvgIpc) is 3.57. The van der Waals surface area contributed by atoms with Crippen molar-refractivity contribution >= 4 is 34.6 Å². The lowest BCUT2D eigenvalue weighted by Gasteiger charge is -2.30. The van der Waals surface area contributed by atoms with E-state index in [0.717, 1.165) is 28.5 Å². The van der Waals surface area contributed by atoms with Crippen LogP contribution in [0.2, 0.25) is 0 Å². The van der Waals surface area contributed by atoms with Crippen LogP contribution >= 0.6 is 12.2 Å². The molecule has 9 heteroatoms. The lowest BCUT2D eigenvalue weighted by molar-refractivity contribution is -0.123. The summed E-state index contributed by atoms with van der Waals surface area (Å²) in [4.78, 5) is 19.4. The lowest BCUT2D eigenvalue weighted by atomic mass is 9.95. The molecule has 2 N–H and O–H groups in total. The summed E-state index contributed by atoms with van der Waals surface area (Å²) in [5, 5.41) is 7.05. The van der Waals surface area contributed by atoms with E-state index in [4.69, 9.17) is 21.7 Å². The van der Waals surface area contributed by atoms with E-state index in [9.17, 15) is 4.79 Å². The summed E-state index contributed by atoms with van der Waals surface area (Å²) < 4.78 is 13.5. The third-order valence-electron chi connectivity index (χ3n) is 6.92. The van der Waals surface area contributed by atoms with Gasteiger partial charge in [-0.3, -0.25) is 9.78 Å². The SMILES string of the molecule is COc1cc(N2C(=S)N[C@H](c3ccccn3)[C@@H]2c2cccn2-c2ccccc2OC)ccc1NC(=O)C(C)(C)C. The van der Waals surface area contributed by atoms with Crippen molar-refractivity contribution in [1.82, 2.24) is 14.9 Å². The topological polar surface area (TPSA) is 80.7 Å². The molecule has 2 aromatic heterocycles. The highest BCUT2D eigenvalue weighted by Crippen LogP contribution is 2.44. The smallest absolute Gasteiger partial charge is 0.229 e. The van der Waals surface area contributed by atoms with Crippen LogP contribution in [-0.4, -0.2) is 34.8 Å². The van der Waals surface area contributed by atoms with Crippen LogP contribution in [0, 0.1) is 5.41 Å². The molecule has 0 saturated carbocycles. The van der Waals surface area contributed by atoms with E-state index >= 15 is 0 Å². The molecular formula is C31H33N5O3S. The number of aromatic nitrogens is 2. The van der Waals surface area contributed by atoms with Crippen molar-refractivity contribution in [3.8, 4) is 17.2 Å². The van der Waals surface area contributed by atoms with Gasteiger partial charge in [-0.05, 0) is 60.7 Å². The molecule has 5 rings (SSSR count). The Labute approximate surface area is 239 Å². The van der Waals surface area contributed by atoms with Gasteiger partial charge in [0.15, 0.2) is 5.11 Å². The minimum atomic E-state index is -0.547. The number of pyridine rings is 1. The van der Waals surface area contributed by atoms with Gasteiger partial charge in [-0.15, -0.1) is 0 Å². The van der Waals surface area contributed by atoms with Crippen LogP contribution in [0.25, 0.3) is 5.69 Å². The molecule has 8 nitrogen and oxygen atoms in total. The molecule has 3 heterocycles. The molecule has 1 fully saturated rings. The number of amides is 1. The van der Waals surface area contributed by atoms with Gasteiger partial charge < -0.3 is 29.6 Å². The molecular weight excluding hydrogens is 522 g/mol. The lowest BCUT2D eigenvalue weighted by Crippen LogP contribution is -2.30. The number of para-hydroxylation sites is 2. The Morgan fingerprint density at radius 1 is 0.975 bits per heavy atom. The first-order valence-electron chi connectivity index (χ1n) is 13.0. The van der Waals surface area contributed by atoms with E-state index in [2.05, 4.69) is 31.2 Å². The van der Waals surface area contributed by atoms with Crippen molar-refractivity contribution in [3.05, 3.63) is 96.6 Å². The largest absolute Gasteiger partial charge is 0.495 e.